The van der Waals surface area contributed by atoms with Crippen molar-refractivity contribution in [3.8, 4) is 11.8 Å². The summed E-state index contributed by atoms with van der Waals surface area (Å²) in [6.07, 6.45) is 1.58. The first-order chi connectivity index (χ1) is 10.1. The van der Waals surface area contributed by atoms with Gasteiger partial charge >= 0.3 is 0 Å². The number of Topliss-reactive ketones (excluding diaryl/α,β-unsaturated/α-hetero) is 1. The summed E-state index contributed by atoms with van der Waals surface area (Å²) in [4.78, 5) is 12.4. The smallest absolute Gasteiger partial charge is 0.203 e. The Labute approximate surface area is 131 Å². The molecule has 3 nitrogen and oxygen atoms in total. The Morgan fingerprint density at radius 1 is 1.24 bits per heavy atom. The van der Waals surface area contributed by atoms with Crippen molar-refractivity contribution in [3.05, 3.63) is 69.7 Å². The summed E-state index contributed by atoms with van der Waals surface area (Å²) >= 11 is 3.36. The molecule has 21 heavy (non-hydrogen) atoms. The molecule has 0 amide bonds. The summed E-state index contributed by atoms with van der Waals surface area (Å²) in [5.74, 6) is 0.261. The summed E-state index contributed by atoms with van der Waals surface area (Å²) in [7, 11) is 1.53. The van der Waals surface area contributed by atoms with Gasteiger partial charge in [0, 0.05) is 10.0 Å². The topological polar surface area (TPSA) is 50.1 Å². The normalized spacial score (nSPS) is 10.8. The number of nitrogens with zero attached hydrogens (tertiary/aromatic N) is 1. The molecule has 0 heterocycles. The lowest BCUT2D eigenvalue weighted by atomic mass is 10.0. The number of nitriles is 1. The number of ketones is 1. The Balaban J connectivity index is 2.37. The van der Waals surface area contributed by atoms with E-state index in [1.54, 1.807) is 30.3 Å². The average molecular weight is 342 g/mol. The molecule has 0 N–H and O–H groups in total. The van der Waals surface area contributed by atoms with Gasteiger partial charge in [0.05, 0.1) is 7.11 Å². The molecular weight excluding hydrogens is 330 g/mol. The van der Waals surface area contributed by atoms with Crippen molar-refractivity contribution < 1.29 is 9.53 Å². The third kappa shape index (κ3) is 3.80. The summed E-state index contributed by atoms with van der Waals surface area (Å²) in [5, 5.41) is 9.23. The van der Waals surface area contributed by atoms with Crippen LogP contribution in [0, 0.1) is 11.3 Å². The van der Waals surface area contributed by atoms with Crippen molar-refractivity contribution >= 4 is 27.8 Å². The van der Waals surface area contributed by atoms with Gasteiger partial charge in [-0.3, -0.25) is 4.79 Å². The number of ether oxygens (including phenoxy) is 1. The first kappa shape index (κ1) is 15.0. The van der Waals surface area contributed by atoms with Crippen molar-refractivity contribution in [2.24, 2.45) is 0 Å². The Kier molecular flexibility index (Phi) is 4.91. The van der Waals surface area contributed by atoms with E-state index in [2.05, 4.69) is 15.9 Å². The second-order valence-electron chi connectivity index (χ2n) is 4.29. The molecular formula is C17H12BrNO2. The number of rotatable bonds is 4. The molecule has 0 aromatic heterocycles. The maximum Gasteiger partial charge on any atom is 0.203 e. The Morgan fingerprint density at radius 2 is 2.00 bits per heavy atom. The van der Waals surface area contributed by atoms with Crippen LogP contribution in [0.25, 0.3) is 6.08 Å². The van der Waals surface area contributed by atoms with Gasteiger partial charge in [-0.2, -0.15) is 5.26 Å². The molecule has 0 aliphatic heterocycles. The number of carbonyl (C=O) groups excluding carboxylic acids is 1. The Morgan fingerprint density at radius 3 is 2.67 bits per heavy atom. The fourth-order valence-electron chi connectivity index (χ4n) is 1.83. The first-order valence-electron chi connectivity index (χ1n) is 6.20. The van der Waals surface area contributed by atoms with Crippen LogP contribution in [-0.2, 0) is 0 Å². The fraction of sp³-hybridized carbons (Fsp3) is 0.0588. The predicted molar refractivity (Wildman–Crippen MR) is 85.1 cm³/mol. The summed E-state index contributed by atoms with van der Waals surface area (Å²) < 4.78 is 5.98. The van der Waals surface area contributed by atoms with Crippen LogP contribution in [0.4, 0.5) is 0 Å². The lowest BCUT2D eigenvalue weighted by Crippen LogP contribution is -2.02. The van der Waals surface area contributed by atoms with Gasteiger partial charge in [0.15, 0.2) is 0 Å². The van der Waals surface area contributed by atoms with Crippen molar-refractivity contribution in [3.63, 3.8) is 0 Å². The van der Waals surface area contributed by atoms with E-state index in [4.69, 9.17) is 4.74 Å². The molecule has 0 aliphatic rings. The molecule has 0 atom stereocenters. The van der Waals surface area contributed by atoms with Crippen LogP contribution in [0.1, 0.15) is 15.9 Å². The molecule has 0 fully saturated rings. The molecule has 0 unspecified atom stereocenters. The van der Waals surface area contributed by atoms with Crippen LogP contribution < -0.4 is 4.74 Å². The minimum atomic E-state index is -0.323. The van der Waals surface area contributed by atoms with Gasteiger partial charge in [0.25, 0.3) is 0 Å². The highest BCUT2D eigenvalue weighted by Crippen LogP contribution is 2.19. The van der Waals surface area contributed by atoms with Gasteiger partial charge in [-0.15, -0.1) is 0 Å². The molecule has 2 rings (SSSR count). The van der Waals surface area contributed by atoms with E-state index in [1.807, 2.05) is 30.3 Å². The summed E-state index contributed by atoms with van der Waals surface area (Å²) in [6, 6.07) is 16.1. The van der Waals surface area contributed by atoms with Crippen LogP contribution in [0.2, 0.25) is 0 Å². The SMILES string of the molecule is COc1cccc(C(=O)/C(C#N)=C/c2cccc(Br)c2)c1. The van der Waals surface area contributed by atoms with Gasteiger partial charge in [-0.25, -0.2) is 0 Å². The molecule has 0 radical (unpaired) electrons. The molecule has 104 valence electrons. The van der Waals surface area contributed by atoms with E-state index in [9.17, 15) is 10.1 Å². The zero-order chi connectivity index (χ0) is 15.2. The van der Waals surface area contributed by atoms with Crippen molar-refractivity contribution in [2.45, 2.75) is 0 Å². The number of benzene rings is 2. The number of hydrogen-bond donors (Lipinski definition) is 0. The Hall–Kier alpha value is -2.38. The van der Waals surface area contributed by atoms with Crippen LogP contribution in [0.5, 0.6) is 5.75 Å². The van der Waals surface area contributed by atoms with Crippen molar-refractivity contribution in [1.82, 2.24) is 0 Å². The van der Waals surface area contributed by atoms with Gasteiger partial charge in [0.2, 0.25) is 5.78 Å². The van der Waals surface area contributed by atoms with Gasteiger partial charge < -0.3 is 4.74 Å². The monoisotopic (exact) mass is 341 g/mol. The minimum absolute atomic E-state index is 0.0846. The second kappa shape index (κ2) is 6.87. The largest absolute Gasteiger partial charge is 0.497 e. The molecule has 4 heteroatoms. The standard InChI is InChI=1S/C17H12BrNO2/c1-21-16-7-3-5-13(10-16)17(20)14(11-19)8-12-4-2-6-15(18)9-12/h2-10H,1H3/b14-8+. The Bertz CT molecular complexity index is 744. The zero-order valence-electron chi connectivity index (χ0n) is 11.3. The van der Waals surface area contributed by atoms with Crippen LogP contribution in [0.15, 0.2) is 58.6 Å². The highest BCUT2D eigenvalue weighted by atomic mass is 79.9. The molecule has 2 aromatic rings. The van der Waals surface area contributed by atoms with E-state index in [0.717, 1.165) is 10.0 Å². The third-order valence-corrected chi connectivity index (χ3v) is 3.35. The van der Waals surface area contributed by atoms with Crippen LogP contribution in [-0.4, -0.2) is 12.9 Å². The lowest BCUT2D eigenvalue weighted by Gasteiger charge is -2.03. The maximum atomic E-state index is 12.4. The van der Waals surface area contributed by atoms with Crippen LogP contribution >= 0.6 is 15.9 Å². The van der Waals surface area contributed by atoms with E-state index in [0.29, 0.717) is 11.3 Å². The molecule has 0 spiro atoms. The number of halogens is 1. The maximum absolute atomic E-state index is 12.4. The highest BCUT2D eigenvalue weighted by molar-refractivity contribution is 9.10. The van der Waals surface area contributed by atoms with E-state index < -0.39 is 0 Å². The van der Waals surface area contributed by atoms with Crippen molar-refractivity contribution in [2.75, 3.05) is 7.11 Å². The lowest BCUT2D eigenvalue weighted by molar-refractivity contribution is 0.103. The molecule has 0 bridgehead atoms. The molecule has 0 saturated heterocycles. The summed E-state index contributed by atoms with van der Waals surface area (Å²) in [5.41, 5.74) is 1.30. The van der Waals surface area contributed by atoms with E-state index in [1.165, 1.54) is 7.11 Å². The van der Waals surface area contributed by atoms with E-state index >= 15 is 0 Å². The van der Waals surface area contributed by atoms with Crippen LogP contribution in [0.3, 0.4) is 0 Å². The predicted octanol–water partition coefficient (Wildman–Crippen LogP) is 4.25. The highest BCUT2D eigenvalue weighted by Gasteiger charge is 2.12. The van der Waals surface area contributed by atoms with Crippen molar-refractivity contribution in [1.29, 1.82) is 5.26 Å². The fourth-order valence-corrected chi connectivity index (χ4v) is 2.25. The molecule has 0 aliphatic carbocycles. The third-order valence-electron chi connectivity index (χ3n) is 2.86. The quantitative estimate of drug-likeness (QED) is 0.474. The number of methoxy groups -OCH3 is 1. The summed E-state index contributed by atoms with van der Waals surface area (Å²) in [6.45, 7) is 0. The number of allylic oxidation sites excluding steroid dienone is 1. The van der Waals surface area contributed by atoms with Gasteiger partial charge in [-0.05, 0) is 35.9 Å². The minimum Gasteiger partial charge on any atom is -0.497 e. The second-order valence-corrected chi connectivity index (χ2v) is 5.20. The number of hydrogen-bond acceptors (Lipinski definition) is 3. The van der Waals surface area contributed by atoms with Gasteiger partial charge in [0.1, 0.15) is 17.4 Å². The number of carbonyl (C=O) groups is 1. The zero-order valence-corrected chi connectivity index (χ0v) is 12.9. The van der Waals surface area contributed by atoms with Gasteiger partial charge in [-0.1, -0.05) is 40.2 Å². The molecule has 0 saturated carbocycles. The van der Waals surface area contributed by atoms with E-state index in [-0.39, 0.29) is 11.4 Å². The first-order valence-corrected chi connectivity index (χ1v) is 6.99. The average Bonchev–Trinajstić information content (AvgIpc) is 2.52. The molecule has 2 aromatic carbocycles.